The Hall–Kier alpha value is -3.54. The van der Waals surface area contributed by atoms with E-state index in [0.717, 1.165) is 16.8 Å². The van der Waals surface area contributed by atoms with E-state index in [1.807, 2.05) is 68.5 Å². The maximum absolute atomic E-state index is 12.7. The van der Waals surface area contributed by atoms with E-state index < -0.39 is 5.56 Å². The molecule has 1 N–H and O–H groups in total. The summed E-state index contributed by atoms with van der Waals surface area (Å²) >= 11 is 0. The molecule has 150 valence electrons. The molecule has 0 saturated heterocycles. The van der Waals surface area contributed by atoms with Crippen molar-refractivity contribution in [3.05, 3.63) is 76.1 Å². The monoisotopic (exact) mass is 392 g/mol. The van der Waals surface area contributed by atoms with Crippen LogP contribution in [0.1, 0.15) is 19.4 Å². The maximum Gasteiger partial charge on any atom is 0.298 e. The number of hydrogen-bond donors (Lipinski definition) is 1. The molecule has 2 aromatic carbocycles. The number of benzene rings is 2. The highest BCUT2D eigenvalue weighted by Gasteiger charge is 2.18. The third-order valence-electron chi connectivity index (χ3n) is 4.53. The quantitative estimate of drug-likeness (QED) is 0.463. The zero-order valence-corrected chi connectivity index (χ0v) is 16.8. The molecule has 1 heterocycles. The lowest BCUT2D eigenvalue weighted by Gasteiger charge is -2.16. The summed E-state index contributed by atoms with van der Waals surface area (Å²) < 4.78 is 12.3. The van der Waals surface area contributed by atoms with Crippen LogP contribution >= 0.6 is 0 Å². The van der Waals surface area contributed by atoms with Gasteiger partial charge >= 0.3 is 0 Å². The van der Waals surface area contributed by atoms with Crippen molar-refractivity contribution in [3.63, 3.8) is 0 Å². The Kier molecular flexibility index (Phi) is 6.34. The average molecular weight is 392 g/mol. The van der Waals surface area contributed by atoms with Crippen LogP contribution in [0.2, 0.25) is 0 Å². The summed E-state index contributed by atoms with van der Waals surface area (Å²) in [5.41, 5.74) is 3.36. The number of aromatic nitrogens is 1. The molecular weight excluding hydrogens is 368 g/mol. The van der Waals surface area contributed by atoms with Gasteiger partial charge in [-0.05, 0) is 43.7 Å². The van der Waals surface area contributed by atoms with Gasteiger partial charge in [-0.1, -0.05) is 35.9 Å². The summed E-state index contributed by atoms with van der Waals surface area (Å²) in [7, 11) is 1.64. The predicted octanol–water partition coefficient (Wildman–Crippen LogP) is 4.03. The molecule has 0 spiro atoms. The minimum Gasteiger partial charge on any atom is -0.485 e. The zero-order chi connectivity index (χ0) is 20.8. The molecule has 0 unspecified atom stereocenters. The van der Waals surface area contributed by atoms with E-state index in [2.05, 4.69) is 5.32 Å². The van der Waals surface area contributed by atoms with Gasteiger partial charge in [-0.15, -0.1) is 0 Å². The number of hydrogen-bond acceptors (Lipinski definition) is 5. The Balaban J connectivity index is 2.01. The summed E-state index contributed by atoms with van der Waals surface area (Å²) in [6.07, 6.45) is 1.89. The zero-order valence-electron chi connectivity index (χ0n) is 16.8. The molecule has 6 heteroatoms. The number of ether oxygens (including phenoxy) is 2. The van der Waals surface area contributed by atoms with Gasteiger partial charge in [0, 0.05) is 24.7 Å². The fraction of sp³-hybridized carbons (Fsp3) is 0.217. The number of carbonyl (C=O) groups is 1. The summed E-state index contributed by atoms with van der Waals surface area (Å²) in [5.74, 6) is 0.157. The summed E-state index contributed by atoms with van der Waals surface area (Å²) in [5, 5.41) is 4.06. The lowest BCUT2D eigenvalue weighted by atomic mass is 10.1. The molecule has 0 bridgehead atoms. The first-order valence-corrected chi connectivity index (χ1v) is 9.32. The Labute approximate surface area is 169 Å². The van der Waals surface area contributed by atoms with E-state index in [9.17, 15) is 9.59 Å². The molecular formula is C23H24N2O4. The van der Waals surface area contributed by atoms with Crippen molar-refractivity contribution in [2.24, 2.45) is 7.05 Å². The van der Waals surface area contributed by atoms with E-state index in [1.54, 1.807) is 7.05 Å². The third kappa shape index (κ3) is 4.66. The average Bonchev–Trinajstić information content (AvgIpc) is 2.73. The molecule has 0 aliphatic rings. The first-order valence-electron chi connectivity index (χ1n) is 9.32. The molecule has 0 fully saturated rings. The van der Waals surface area contributed by atoms with Crippen molar-refractivity contribution in [1.29, 1.82) is 0 Å². The fourth-order valence-corrected chi connectivity index (χ4v) is 2.98. The van der Waals surface area contributed by atoms with Gasteiger partial charge in [-0.25, -0.2) is 0 Å². The molecule has 1 aromatic heterocycles. The number of aryl methyl sites for hydroxylation is 1. The van der Waals surface area contributed by atoms with Crippen LogP contribution in [0.3, 0.4) is 0 Å². The molecule has 0 aliphatic heterocycles. The van der Waals surface area contributed by atoms with Crippen LogP contribution in [0.25, 0.3) is 10.9 Å². The maximum atomic E-state index is 12.7. The Morgan fingerprint density at radius 3 is 2.55 bits per heavy atom. The third-order valence-corrected chi connectivity index (χ3v) is 4.53. The topological polar surface area (TPSA) is 69.6 Å². The van der Waals surface area contributed by atoms with Gasteiger partial charge in [0.15, 0.2) is 5.75 Å². The Morgan fingerprint density at radius 2 is 1.86 bits per heavy atom. The van der Waals surface area contributed by atoms with Gasteiger partial charge in [0.2, 0.25) is 5.75 Å². The Morgan fingerprint density at radius 1 is 1.10 bits per heavy atom. The first-order chi connectivity index (χ1) is 14.0. The number of pyridine rings is 1. The lowest BCUT2D eigenvalue weighted by Crippen LogP contribution is -2.21. The normalized spacial score (nSPS) is 10.4. The SMILES string of the molecule is CC(C)=CCOc1c(OC=O)c(=O)n(C)c2cc(NCc3ccccc3)ccc12. The van der Waals surface area contributed by atoms with Crippen LogP contribution in [-0.2, 0) is 18.4 Å². The molecule has 3 aromatic rings. The molecule has 0 amide bonds. The van der Waals surface area contributed by atoms with Gasteiger partial charge in [0.25, 0.3) is 12.0 Å². The summed E-state index contributed by atoms with van der Waals surface area (Å²) in [6.45, 7) is 5.09. The van der Waals surface area contributed by atoms with E-state index >= 15 is 0 Å². The van der Waals surface area contributed by atoms with E-state index in [-0.39, 0.29) is 24.6 Å². The summed E-state index contributed by atoms with van der Waals surface area (Å²) in [6, 6.07) is 15.7. The molecule has 29 heavy (non-hydrogen) atoms. The minimum atomic E-state index is -0.433. The summed E-state index contributed by atoms with van der Waals surface area (Å²) in [4.78, 5) is 23.7. The van der Waals surface area contributed by atoms with Crippen molar-refractivity contribution < 1.29 is 14.3 Å². The number of nitrogens with one attached hydrogen (secondary N) is 1. The van der Waals surface area contributed by atoms with Crippen molar-refractivity contribution in [3.8, 4) is 11.5 Å². The molecule has 6 nitrogen and oxygen atoms in total. The van der Waals surface area contributed by atoms with Crippen LogP contribution in [0, 0.1) is 0 Å². The highest BCUT2D eigenvalue weighted by atomic mass is 16.5. The van der Waals surface area contributed by atoms with E-state index in [4.69, 9.17) is 9.47 Å². The van der Waals surface area contributed by atoms with Crippen molar-refractivity contribution in [2.75, 3.05) is 11.9 Å². The number of fused-ring (bicyclic) bond motifs is 1. The van der Waals surface area contributed by atoms with Gasteiger partial charge in [0.1, 0.15) is 6.61 Å². The Bertz CT molecular complexity index is 1100. The second kappa shape index (κ2) is 9.10. The largest absolute Gasteiger partial charge is 0.485 e. The molecule has 0 saturated carbocycles. The number of anilines is 1. The standard InChI is InChI=1S/C23H24N2O4/c1-16(2)11-12-28-21-19-10-9-18(24-14-17-7-5-4-6-8-17)13-20(19)25(3)23(27)22(21)29-15-26/h4-11,13,15,24H,12,14H2,1-3H3. The van der Waals surface area contributed by atoms with Crippen molar-refractivity contribution >= 4 is 23.1 Å². The van der Waals surface area contributed by atoms with Gasteiger partial charge in [-0.3, -0.25) is 9.59 Å². The minimum absolute atomic E-state index is 0.109. The predicted molar refractivity (Wildman–Crippen MR) is 115 cm³/mol. The number of rotatable bonds is 8. The van der Waals surface area contributed by atoms with Gasteiger partial charge < -0.3 is 19.4 Å². The molecule has 0 aliphatic carbocycles. The second-order valence-corrected chi connectivity index (χ2v) is 6.90. The van der Waals surface area contributed by atoms with E-state index in [0.29, 0.717) is 17.4 Å². The van der Waals surface area contributed by atoms with Crippen LogP contribution in [0.5, 0.6) is 11.5 Å². The van der Waals surface area contributed by atoms with E-state index in [1.165, 1.54) is 4.57 Å². The molecule has 0 atom stereocenters. The molecule has 0 radical (unpaired) electrons. The van der Waals surface area contributed by atoms with Crippen LogP contribution in [0.4, 0.5) is 5.69 Å². The first kappa shape index (κ1) is 20.2. The van der Waals surface area contributed by atoms with Crippen LogP contribution in [-0.4, -0.2) is 17.6 Å². The number of nitrogens with zero attached hydrogens (tertiary/aromatic N) is 1. The second-order valence-electron chi connectivity index (χ2n) is 6.90. The lowest BCUT2D eigenvalue weighted by molar-refractivity contribution is -0.120. The smallest absolute Gasteiger partial charge is 0.298 e. The number of allylic oxidation sites excluding steroid dienone is 1. The fourth-order valence-electron chi connectivity index (χ4n) is 2.98. The van der Waals surface area contributed by atoms with Crippen molar-refractivity contribution in [2.45, 2.75) is 20.4 Å². The van der Waals surface area contributed by atoms with Crippen molar-refractivity contribution in [1.82, 2.24) is 4.57 Å². The highest BCUT2D eigenvalue weighted by molar-refractivity contribution is 5.90. The van der Waals surface area contributed by atoms with Crippen LogP contribution < -0.4 is 20.3 Å². The van der Waals surface area contributed by atoms with Gasteiger partial charge in [0.05, 0.1) is 5.52 Å². The highest BCUT2D eigenvalue weighted by Crippen LogP contribution is 2.34. The van der Waals surface area contributed by atoms with Gasteiger partial charge in [-0.2, -0.15) is 0 Å². The van der Waals surface area contributed by atoms with Crippen LogP contribution in [0.15, 0.2) is 65.0 Å². The number of carbonyl (C=O) groups excluding carboxylic acids is 1. The molecule has 3 rings (SSSR count).